The summed E-state index contributed by atoms with van der Waals surface area (Å²) in [4.78, 5) is 0. The first kappa shape index (κ1) is 8.98. The van der Waals surface area contributed by atoms with Gasteiger partial charge in [-0.3, -0.25) is 0 Å². The predicted octanol–water partition coefficient (Wildman–Crippen LogP) is 2.26. The molecule has 2 aliphatic rings. The van der Waals surface area contributed by atoms with Crippen LogP contribution < -0.4 is 10.6 Å². The van der Waals surface area contributed by atoms with E-state index in [-0.39, 0.29) is 5.41 Å². The van der Waals surface area contributed by atoms with Crippen LogP contribution in [0, 0.1) is 0 Å². The average Bonchev–Trinajstić information content (AvgIpc) is 2.31. The van der Waals surface area contributed by atoms with Crippen molar-refractivity contribution >= 4 is 5.69 Å². The maximum absolute atomic E-state index is 4.45. The highest BCUT2D eigenvalue weighted by Gasteiger charge is 2.34. The summed E-state index contributed by atoms with van der Waals surface area (Å²) >= 11 is 0. The summed E-state index contributed by atoms with van der Waals surface area (Å²) in [5, 5.41) is 7.77. The number of hydrogen-bond donors (Lipinski definition) is 1. The molecule has 1 fully saturated rings. The summed E-state index contributed by atoms with van der Waals surface area (Å²) in [5.74, 6) is 0. The van der Waals surface area contributed by atoms with E-state index in [2.05, 4.69) is 47.2 Å². The third-order valence-electron chi connectivity index (χ3n) is 3.54. The molecule has 1 aromatic carbocycles. The highest BCUT2D eigenvalue weighted by molar-refractivity contribution is 5.60. The minimum atomic E-state index is 0.254. The van der Waals surface area contributed by atoms with Gasteiger partial charge in [-0.15, -0.1) is 0 Å². The van der Waals surface area contributed by atoms with Crippen LogP contribution in [0.2, 0.25) is 0 Å². The Kier molecular flexibility index (Phi) is 2.03. The summed E-state index contributed by atoms with van der Waals surface area (Å²) < 4.78 is 0. The van der Waals surface area contributed by atoms with Crippen LogP contribution in [0.5, 0.6) is 0 Å². The van der Waals surface area contributed by atoms with Crippen LogP contribution in [0.4, 0.5) is 5.69 Å². The van der Waals surface area contributed by atoms with Crippen LogP contribution in [0.1, 0.15) is 18.4 Å². The molecule has 77 valence electrons. The fourth-order valence-corrected chi connectivity index (χ4v) is 2.65. The summed E-state index contributed by atoms with van der Waals surface area (Å²) in [6, 6.07) is 8.63. The third-order valence-corrected chi connectivity index (χ3v) is 3.54. The fourth-order valence-electron chi connectivity index (χ4n) is 2.65. The smallest absolute Gasteiger partial charge is 0.0421 e. The molecule has 0 aliphatic carbocycles. The van der Waals surface area contributed by atoms with E-state index >= 15 is 0 Å². The van der Waals surface area contributed by atoms with Crippen molar-refractivity contribution in [1.82, 2.24) is 5.32 Å². The van der Waals surface area contributed by atoms with Gasteiger partial charge in [0.2, 0.25) is 0 Å². The molecular formula is C13H15N2. The van der Waals surface area contributed by atoms with Crippen molar-refractivity contribution in [2.45, 2.75) is 18.3 Å². The van der Waals surface area contributed by atoms with Gasteiger partial charge in [-0.25, -0.2) is 5.32 Å². The SMILES string of the molecule is C1=CC2(CC[N]CC2)c2ccccc2N1. The Labute approximate surface area is 90.4 Å². The number of fused-ring (bicyclic) bond motifs is 2. The molecule has 0 aromatic heterocycles. The minimum absolute atomic E-state index is 0.254. The lowest BCUT2D eigenvalue weighted by Crippen LogP contribution is -2.37. The standard InChI is InChI=1S/C13H15N2/c1-2-4-12-11(3-1)13(7-10-15-12)5-8-14-9-6-13/h1-4,7,10,15H,5-6,8-9H2. The van der Waals surface area contributed by atoms with E-state index in [0.29, 0.717) is 0 Å². The molecule has 1 saturated heterocycles. The molecule has 2 heteroatoms. The lowest BCUT2D eigenvalue weighted by molar-refractivity contribution is 0.367. The van der Waals surface area contributed by atoms with Gasteiger partial charge in [0, 0.05) is 24.2 Å². The Bertz CT molecular complexity index is 389. The van der Waals surface area contributed by atoms with Crippen LogP contribution in [0.25, 0.3) is 0 Å². The zero-order chi connectivity index (χ0) is 10.1. The molecule has 0 bridgehead atoms. The summed E-state index contributed by atoms with van der Waals surface area (Å²) in [5.41, 5.74) is 2.97. The van der Waals surface area contributed by atoms with Crippen LogP contribution in [-0.2, 0) is 5.41 Å². The lowest BCUT2D eigenvalue weighted by Gasteiger charge is -2.38. The molecular weight excluding hydrogens is 184 g/mol. The zero-order valence-corrected chi connectivity index (χ0v) is 8.74. The van der Waals surface area contributed by atoms with Gasteiger partial charge in [-0.1, -0.05) is 24.3 Å². The van der Waals surface area contributed by atoms with Gasteiger partial charge >= 0.3 is 0 Å². The van der Waals surface area contributed by atoms with Gasteiger partial charge in [-0.05, 0) is 30.7 Å². The predicted molar refractivity (Wildman–Crippen MR) is 62.0 cm³/mol. The molecule has 0 atom stereocenters. The quantitative estimate of drug-likeness (QED) is 0.681. The van der Waals surface area contributed by atoms with E-state index in [1.807, 2.05) is 0 Å². The molecule has 2 nitrogen and oxygen atoms in total. The van der Waals surface area contributed by atoms with E-state index in [1.165, 1.54) is 11.3 Å². The second kappa shape index (κ2) is 3.38. The van der Waals surface area contributed by atoms with Crippen molar-refractivity contribution in [2.24, 2.45) is 0 Å². The van der Waals surface area contributed by atoms with Crippen molar-refractivity contribution in [3.63, 3.8) is 0 Å². The fraction of sp³-hybridized carbons (Fsp3) is 0.385. The molecule has 15 heavy (non-hydrogen) atoms. The van der Waals surface area contributed by atoms with Crippen LogP contribution in [0.3, 0.4) is 0 Å². The van der Waals surface area contributed by atoms with Gasteiger partial charge < -0.3 is 5.32 Å². The van der Waals surface area contributed by atoms with Gasteiger partial charge in [0.1, 0.15) is 0 Å². The zero-order valence-electron chi connectivity index (χ0n) is 8.74. The minimum Gasteiger partial charge on any atom is -0.362 e. The van der Waals surface area contributed by atoms with E-state index in [1.54, 1.807) is 0 Å². The molecule has 1 N–H and O–H groups in total. The molecule has 2 aliphatic heterocycles. The average molecular weight is 199 g/mol. The Morgan fingerprint density at radius 2 is 1.93 bits per heavy atom. The highest BCUT2D eigenvalue weighted by atomic mass is 14.9. The molecule has 0 amide bonds. The maximum atomic E-state index is 4.45. The number of piperidine rings is 1. The van der Waals surface area contributed by atoms with Gasteiger partial charge in [0.15, 0.2) is 0 Å². The second-order valence-electron chi connectivity index (χ2n) is 4.35. The van der Waals surface area contributed by atoms with Gasteiger partial charge in [-0.2, -0.15) is 0 Å². The van der Waals surface area contributed by atoms with Crippen LogP contribution in [-0.4, -0.2) is 13.1 Å². The molecule has 2 heterocycles. The van der Waals surface area contributed by atoms with Crippen molar-refractivity contribution in [3.05, 3.63) is 42.1 Å². The Balaban J connectivity index is 2.08. The Hall–Kier alpha value is -1.28. The monoisotopic (exact) mass is 199 g/mol. The Morgan fingerprint density at radius 1 is 1.13 bits per heavy atom. The number of hydrogen-bond acceptors (Lipinski definition) is 1. The number of rotatable bonds is 0. The molecule has 3 rings (SSSR count). The number of nitrogens with zero attached hydrogens (tertiary/aromatic N) is 1. The lowest BCUT2D eigenvalue weighted by atomic mass is 9.71. The van der Waals surface area contributed by atoms with Crippen molar-refractivity contribution < 1.29 is 0 Å². The topological polar surface area (TPSA) is 26.1 Å². The molecule has 1 aromatic rings. The molecule has 0 saturated carbocycles. The van der Waals surface area contributed by atoms with E-state index in [9.17, 15) is 0 Å². The van der Waals surface area contributed by atoms with E-state index < -0.39 is 0 Å². The number of nitrogens with one attached hydrogen (secondary N) is 1. The number of para-hydroxylation sites is 1. The van der Waals surface area contributed by atoms with Crippen molar-refractivity contribution in [1.29, 1.82) is 0 Å². The first-order valence-electron chi connectivity index (χ1n) is 5.58. The number of benzene rings is 1. The first-order valence-corrected chi connectivity index (χ1v) is 5.58. The largest absolute Gasteiger partial charge is 0.362 e. The number of allylic oxidation sites excluding steroid dienone is 1. The van der Waals surface area contributed by atoms with Gasteiger partial charge in [0.05, 0.1) is 0 Å². The van der Waals surface area contributed by atoms with E-state index in [4.69, 9.17) is 0 Å². The third kappa shape index (κ3) is 1.37. The highest BCUT2D eigenvalue weighted by Crippen LogP contribution is 2.41. The maximum Gasteiger partial charge on any atom is 0.0421 e. The van der Waals surface area contributed by atoms with Crippen LogP contribution >= 0.6 is 0 Å². The second-order valence-corrected chi connectivity index (χ2v) is 4.35. The summed E-state index contributed by atoms with van der Waals surface area (Å²) in [7, 11) is 0. The Morgan fingerprint density at radius 3 is 2.80 bits per heavy atom. The summed E-state index contributed by atoms with van der Waals surface area (Å²) in [6.07, 6.45) is 6.72. The molecule has 1 radical (unpaired) electrons. The van der Waals surface area contributed by atoms with Gasteiger partial charge in [0.25, 0.3) is 0 Å². The molecule has 1 spiro atoms. The molecule has 0 unspecified atom stereocenters. The summed E-state index contributed by atoms with van der Waals surface area (Å²) in [6.45, 7) is 2.00. The first-order chi connectivity index (χ1) is 7.41. The van der Waals surface area contributed by atoms with Crippen molar-refractivity contribution in [3.8, 4) is 0 Å². The van der Waals surface area contributed by atoms with E-state index in [0.717, 1.165) is 25.9 Å². The van der Waals surface area contributed by atoms with Crippen LogP contribution in [0.15, 0.2) is 36.5 Å². The van der Waals surface area contributed by atoms with Crippen molar-refractivity contribution in [2.75, 3.05) is 18.4 Å². The number of anilines is 1. The normalized spacial score (nSPS) is 22.1.